The Hall–Kier alpha value is -3.41. The van der Waals surface area contributed by atoms with Crippen LogP contribution in [-0.2, 0) is 19.1 Å². The molecular weight excluding hydrogens is 396 g/mol. The number of ketones is 1. The van der Waals surface area contributed by atoms with Crippen LogP contribution in [0.4, 0.5) is 0 Å². The second-order valence-corrected chi connectivity index (χ2v) is 6.87. The molecule has 0 radical (unpaired) electrons. The van der Waals surface area contributed by atoms with Gasteiger partial charge in [0, 0.05) is 11.6 Å². The summed E-state index contributed by atoms with van der Waals surface area (Å²) in [5.74, 6) is -0.333. The van der Waals surface area contributed by atoms with Crippen molar-refractivity contribution in [2.75, 3.05) is 20.3 Å². The van der Waals surface area contributed by atoms with Crippen LogP contribution in [0.3, 0.4) is 0 Å². The highest BCUT2D eigenvalue weighted by Gasteiger charge is 2.12. The first-order valence-electron chi connectivity index (χ1n) is 10.3. The van der Waals surface area contributed by atoms with Gasteiger partial charge in [0.05, 0.1) is 20.3 Å². The zero-order chi connectivity index (χ0) is 22.3. The van der Waals surface area contributed by atoms with Crippen LogP contribution in [-0.4, -0.2) is 38.0 Å². The second kappa shape index (κ2) is 13.7. The summed E-state index contributed by atoms with van der Waals surface area (Å²) in [7, 11) is 1.34. The molecule has 0 aromatic heterocycles. The van der Waals surface area contributed by atoms with E-state index in [2.05, 4.69) is 4.74 Å². The van der Waals surface area contributed by atoms with Crippen LogP contribution in [0, 0.1) is 0 Å². The molecule has 0 aliphatic rings. The molecule has 0 saturated carbocycles. The van der Waals surface area contributed by atoms with E-state index >= 15 is 0 Å². The number of Topliss-reactive ketones (excluding diaryl/α,β-unsaturated/α-hetero) is 1. The van der Waals surface area contributed by atoms with Crippen molar-refractivity contribution in [2.24, 2.45) is 0 Å². The molecule has 0 aliphatic heterocycles. The van der Waals surface area contributed by atoms with Crippen LogP contribution in [0.15, 0.2) is 60.7 Å². The molecule has 6 heteroatoms. The Balaban J connectivity index is 1.51. The number of carbonyl (C=O) groups is 3. The molecule has 0 bridgehead atoms. The maximum atomic E-state index is 11.9. The molecule has 2 aromatic carbocycles. The molecular formula is C25H28O6. The lowest BCUT2D eigenvalue weighted by atomic mass is 10.1. The van der Waals surface area contributed by atoms with Gasteiger partial charge in [-0.05, 0) is 49.5 Å². The van der Waals surface area contributed by atoms with Crippen LogP contribution < -0.4 is 4.74 Å². The number of unbranched alkanes of at least 4 members (excludes halogenated alkanes) is 3. The molecule has 6 nitrogen and oxygen atoms in total. The van der Waals surface area contributed by atoms with Crippen molar-refractivity contribution in [2.45, 2.75) is 32.1 Å². The topological polar surface area (TPSA) is 78.9 Å². The highest BCUT2D eigenvalue weighted by Crippen LogP contribution is 2.14. The van der Waals surface area contributed by atoms with Gasteiger partial charge in [0.15, 0.2) is 5.78 Å². The minimum Gasteiger partial charge on any atom is -0.494 e. The fourth-order valence-corrected chi connectivity index (χ4v) is 2.75. The van der Waals surface area contributed by atoms with Crippen molar-refractivity contribution in [3.63, 3.8) is 0 Å². The number of esters is 2. The molecule has 0 spiro atoms. The third-order valence-corrected chi connectivity index (χ3v) is 4.46. The van der Waals surface area contributed by atoms with E-state index in [-0.39, 0.29) is 12.2 Å². The minimum absolute atomic E-state index is 0.227. The summed E-state index contributed by atoms with van der Waals surface area (Å²) in [4.78, 5) is 34.8. The number of hydrogen-bond donors (Lipinski definition) is 0. The van der Waals surface area contributed by atoms with Gasteiger partial charge in [-0.15, -0.1) is 0 Å². The van der Waals surface area contributed by atoms with Gasteiger partial charge < -0.3 is 14.2 Å². The highest BCUT2D eigenvalue weighted by atomic mass is 16.5. The van der Waals surface area contributed by atoms with Crippen molar-refractivity contribution in [1.82, 2.24) is 0 Å². The zero-order valence-electron chi connectivity index (χ0n) is 17.8. The van der Waals surface area contributed by atoms with Crippen molar-refractivity contribution >= 4 is 23.8 Å². The smallest absolute Gasteiger partial charge is 0.330 e. The largest absolute Gasteiger partial charge is 0.494 e. The summed E-state index contributed by atoms with van der Waals surface area (Å²) in [6.07, 6.45) is 6.35. The van der Waals surface area contributed by atoms with E-state index < -0.39 is 11.9 Å². The standard InChI is InChI=1S/C25H28O6/c1-29-24(27)16-13-20-11-14-22(15-12-20)30-17-7-2-3-8-18-31-25(28)19-23(26)21-9-5-4-6-10-21/h4-6,9-16H,2-3,7-8,17-19H2,1H3/b16-13+. The van der Waals surface area contributed by atoms with E-state index in [0.717, 1.165) is 37.0 Å². The fourth-order valence-electron chi connectivity index (χ4n) is 2.75. The van der Waals surface area contributed by atoms with Crippen LogP contribution in [0.5, 0.6) is 5.75 Å². The number of hydrogen-bond acceptors (Lipinski definition) is 6. The molecule has 0 aliphatic carbocycles. The Morgan fingerprint density at radius 1 is 0.839 bits per heavy atom. The summed E-state index contributed by atoms with van der Waals surface area (Å²) in [5, 5.41) is 0. The highest BCUT2D eigenvalue weighted by molar-refractivity contribution is 6.05. The van der Waals surface area contributed by atoms with E-state index in [0.29, 0.717) is 18.8 Å². The number of rotatable bonds is 13. The van der Waals surface area contributed by atoms with Crippen molar-refractivity contribution in [3.05, 3.63) is 71.8 Å². The lowest BCUT2D eigenvalue weighted by Gasteiger charge is -2.07. The molecule has 0 heterocycles. The Kier molecular flexibility index (Phi) is 10.6. The SMILES string of the molecule is COC(=O)/C=C/c1ccc(OCCCCCCOC(=O)CC(=O)c2ccccc2)cc1. The summed E-state index contributed by atoms with van der Waals surface area (Å²) < 4.78 is 15.4. The van der Waals surface area contributed by atoms with Gasteiger partial charge >= 0.3 is 11.9 Å². The molecule has 0 atom stereocenters. The van der Waals surface area contributed by atoms with Gasteiger partial charge in [0.25, 0.3) is 0 Å². The number of ether oxygens (including phenoxy) is 3. The van der Waals surface area contributed by atoms with Gasteiger partial charge in [-0.1, -0.05) is 42.5 Å². The number of benzene rings is 2. The average molecular weight is 424 g/mol. The normalized spacial score (nSPS) is 10.6. The summed E-state index contributed by atoms with van der Waals surface area (Å²) >= 11 is 0. The van der Waals surface area contributed by atoms with E-state index in [1.807, 2.05) is 30.3 Å². The average Bonchev–Trinajstić information content (AvgIpc) is 2.80. The maximum Gasteiger partial charge on any atom is 0.330 e. The second-order valence-electron chi connectivity index (χ2n) is 6.87. The molecule has 31 heavy (non-hydrogen) atoms. The fraction of sp³-hybridized carbons (Fsp3) is 0.320. The molecule has 0 amide bonds. The molecule has 2 rings (SSSR count). The van der Waals surface area contributed by atoms with E-state index in [1.54, 1.807) is 30.3 Å². The lowest BCUT2D eigenvalue weighted by molar-refractivity contribution is -0.142. The van der Waals surface area contributed by atoms with Gasteiger partial charge in [-0.3, -0.25) is 9.59 Å². The van der Waals surface area contributed by atoms with Gasteiger partial charge in [0.2, 0.25) is 0 Å². The maximum absolute atomic E-state index is 11.9. The third kappa shape index (κ3) is 9.76. The van der Waals surface area contributed by atoms with Gasteiger partial charge in [-0.25, -0.2) is 4.79 Å². The first-order valence-corrected chi connectivity index (χ1v) is 10.3. The molecule has 0 fully saturated rings. The zero-order valence-corrected chi connectivity index (χ0v) is 17.8. The first kappa shape index (κ1) is 23.9. The van der Waals surface area contributed by atoms with Gasteiger partial charge in [0.1, 0.15) is 12.2 Å². The molecule has 0 N–H and O–H groups in total. The Morgan fingerprint density at radius 3 is 2.19 bits per heavy atom. The number of carbonyl (C=O) groups excluding carboxylic acids is 3. The third-order valence-electron chi connectivity index (χ3n) is 4.46. The lowest BCUT2D eigenvalue weighted by Crippen LogP contribution is -2.12. The number of methoxy groups -OCH3 is 1. The molecule has 0 saturated heterocycles. The van der Waals surface area contributed by atoms with E-state index in [9.17, 15) is 14.4 Å². The first-order chi connectivity index (χ1) is 15.1. The van der Waals surface area contributed by atoms with Crippen molar-refractivity contribution < 1.29 is 28.6 Å². The summed E-state index contributed by atoms with van der Waals surface area (Å²) in [6, 6.07) is 16.2. The summed E-state index contributed by atoms with van der Waals surface area (Å²) in [6.45, 7) is 0.922. The Morgan fingerprint density at radius 2 is 1.52 bits per heavy atom. The van der Waals surface area contributed by atoms with E-state index in [1.165, 1.54) is 13.2 Å². The predicted molar refractivity (Wildman–Crippen MR) is 118 cm³/mol. The molecule has 2 aromatic rings. The van der Waals surface area contributed by atoms with E-state index in [4.69, 9.17) is 9.47 Å². The monoisotopic (exact) mass is 424 g/mol. The van der Waals surface area contributed by atoms with Crippen molar-refractivity contribution in [1.29, 1.82) is 0 Å². The van der Waals surface area contributed by atoms with Crippen LogP contribution >= 0.6 is 0 Å². The Bertz CT molecular complexity index is 855. The van der Waals surface area contributed by atoms with Crippen LogP contribution in [0.1, 0.15) is 48.0 Å². The van der Waals surface area contributed by atoms with Crippen LogP contribution in [0.2, 0.25) is 0 Å². The predicted octanol–water partition coefficient (Wildman–Crippen LogP) is 4.63. The Labute approximate surface area is 182 Å². The molecule has 0 unspecified atom stereocenters. The quantitative estimate of drug-likeness (QED) is 0.153. The minimum atomic E-state index is -0.484. The van der Waals surface area contributed by atoms with Crippen molar-refractivity contribution in [3.8, 4) is 5.75 Å². The van der Waals surface area contributed by atoms with Crippen LogP contribution in [0.25, 0.3) is 6.08 Å². The summed E-state index contributed by atoms with van der Waals surface area (Å²) in [5.41, 5.74) is 1.41. The molecule has 164 valence electrons. The van der Waals surface area contributed by atoms with Gasteiger partial charge in [-0.2, -0.15) is 0 Å².